The van der Waals surface area contributed by atoms with Crippen LogP contribution in [0.5, 0.6) is 0 Å². The highest BCUT2D eigenvalue weighted by Crippen LogP contribution is 2.50. The highest BCUT2D eigenvalue weighted by atomic mass is 16.1. The summed E-state index contributed by atoms with van der Waals surface area (Å²) in [5, 5.41) is 0. The summed E-state index contributed by atoms with van der Waals surface area (Å²) >= 11 is 0. The Morgan fingerprint density at radius 3 is 2.48 bits per heavy atom. The lowest BCUT2D eigenvalue weighted by Gasteiger charge is -2.25. The molecule has 4 unspecified atom stereocenters. The Morgan fingerprint density at radius 2 is 1.73 bits per heavy atom. The summed E-state index contributed by atoms with van der Waals surface area (Å²) in [6, 6.07) is 9.46. The molecule has 0 aliphatic heterocycles. The molecule has 0 radical (unpaired) electrons. The van der Waals surface area contributed by atoms with E-state index in [0.29, 0.717) is 17.6 Å². The zero-order chi connectivity index (χ0) is 27.9. The molecule has 0 bridgehead atoms. The second kappa shape index (κ2) is 11.5. The summed E-state index contributed by atoms with van der Waals surface area (Å²) in [4.78, 5) is 13.4. The van der Waals surface area contributed by atoms with Crippen LogP contribution in [-0.4, -0.2) is 5.78 Å². The number of benzene rings is 1. The molecule has 0 spiro atoms. The van der Waals surface area contributed by atoms with Gasteiger partial charge in [0, 0.05) is 12.3 Å². The smallest absolute Gasteiger partial charge is 0.159 e. The van der Waals surface area contributed by atoms with Gasteiger partial charge in [0.1, 0.15) is 0 Å². The third-order valence-corrected chi connectivity index (χ3v) is 11.1. The van der Waals surface area contributed by atoms with Crippen molar-refractivity contribution in [3.63, 3.8) is 0 Å². The van der Waals surface area contributed by atoms with Gasteiger partial charge in [-0.15, -0.1) is 0 Å². The van der Waals surface area contributed by atoms with Crippen LogP contribution < -0.4 is 0 Å². The second-order valence-corrected chi connectivity index (χ2v) is 14.7. The summed E-state index contributed by atoms with van der Waals surface area (Å²) in [5.74, 6) is 3.19. The monoisotopic (exact) mass is 534 g/mol. The van der Waals surface area contributed by atoms with Crippen LogP contribution in [-0.2, 0) is 10.2 Å². The van der Waals surface area contributed by atoms with E-state index in [1.165, 1.54) is 84.8 Å². The fourth-order valence-electron chi connectivity index (χ4n) is 8.68. The van der Waals surface area contributed by atoms with E-state index in [4.69, 9.17) is 0 Å². The minimum atomic E-state index is 0.203. The number of rotatable bonds is 5. The maximum Gasteiger partial charge on any atom is 0.159 e. The number of carbonyl (C=O) groups excluding carboxylic acids is 1. The van der Waals surface area contributed by atoms with E-state index in [0.717, 1.165) is 50.4 Å². The predicted molar refractivity (Wildman–Crippen MR) is 168 cm³/mol. The van der Waals surface area contributed by atoms with Gasteiger partial charge >= 0.3 is 0 Å². The molecule has 1 nitrogen and oxygen atoms in total. The Balaban J connectivity index is 1.08. The number of carbonyl (C=O) groups is 1. The maximum absolute atomic E-state index is 13.4. The standard InChI is InChI=1S/C39H50O/c1-26(28-9-5-6-10-28)22-27-8-7-11-29(13-12-27)33-24-37(38(40)25-33)32-17-21-36-31(23-32)16-20-35(36)30-14-18-34(19-15-30)39(2,3)4/h5-6,9,14-15,18-19,27,29,33,35H,1,7-8,10-13,16-17,20-25H2,2-4H3/b37-32-. The van der Waals surface area contributed by atoms with E-state index in [1.807, 2.05) is 0 Å². The van der Waals surface area contributed by atoms with Gasteiger partial charge in [0.25, 0.3) is 0 Å². The summed E-state index contributed by atoms with van der Waals surface area (Å²) in [6.45, 7) is 11.3. The molecule has 0 heterocycles. The van der Waals surface area contributed by atoms with Crippen LogP contribution in [0.4, 0.5) is 0 Å². The van der Waals surface area contributed by atoms with Crippen molar-refractivity contribution in [1.82, 2.24) is 0 Å². The molecule has 0 N–H and O–H groups in total. The van der Waals surface area contributed by atoms with E-state index >= 15 is 0 Å². The van der Waals surface area contributed by atoms with E-state index in [1.54, 1.807) is 11.1 Å². The normalized spacial score (nSPS) is 31.0. The number of hydrogen-bond donors (Lipinski definition) is 0. The lowest BCUT2D eigenvalue weighted by Crippen LogP contribution is -2.12. The van der Waals surface area contributed by atoms with Crippen LogP contribution in [0.3, 0.4) is 0 Å². The van der Waals surface area contributed by atoms with Crippen molar-refractivity contribution >= 4 is 5.78 Å². The largest absolute Gasteiger partial charge is 0.295 e. The van der Waals surface area contributed by atoms with Gasteiger partial charge in [-0.2, -0.15) is 0 Å². The fraction of sp³-hybridized carbons (Fsp3) is 0.564. The lowest BCUT2D eigenvalue weighted by molar-refractivity contribution is -0.115. The molecule has 6 rings (SSSR count). The molecule has 5 aliphatic rings. The van der Waals surface area contributed by atoms with Crippen molar-refractivity contribution < 1.29 is 4.79 Å². The molecule has 0 saturated heterocycles. The summed E-state index contributed by atoms with van der Waals surface area (Å²) in [5.41, 5.74) is 12.1. The molecule has 2 fully saturated rings. The summed E-state index contributed by atoms with van der Waals surface area (Å²) in [7, 11) is 0. The summed E-state index contributed by atoms with van der Waals surface area (Å²) < 4.78 is 0. The van der Waals surface area contributed by atoms with E-state index in [-0.39, 0.29) is 5.41 Å². The van der Waals surface area contributed by atoms with Crippen LogP contribution in [0.25, 0.3) is 0 Å². The van der Waals surface area contributed by atoms with Crippen molar-refractivity contribution in [3.8, 4) is 0 Å². The minimum absolute atomic E-state index is 0.203. The second-order valence-electron chi connectivity index (χ2n) is 14.7. The molecular formula is C39H50O. The van der Waals surface area contributed by atoms with Crippen molar-refractivity contribution in [2.75, 3.05) is 0 Å². The first-order valence-corrected chi connectivity index (χ1v) is 16.4. The number of hydrogen-bond acceptors (Lipinski definition) is 1. The van der Waals surface area contributed by atoms with E-state index in [9.17, 15) is 4.79 Å². The van der Waals surface area contributed by atoms with Gasteiger partial charge in [0.15, 0.2) is 5.78 Å². The van der Waals surface area contributed by atoms with Crippen LogP contribution in [0.15, 0.2) is 82.5 Å². The zero-order valence-corrected chi connectivity index (χ0v) is 25.4. The first-order chi connectivity index (χ1) is 19.3. The van der Waals surface area contributed by atoms with Crippen molar-refractivity contribution in [3.05, 3.63) is 93.6 Å². The molecule has 5 aliphatic carbocycles. The van der Waals surface area contributed by atoms with Crippen LogP contribution in [0.1, 0.15) is 128 Å². The molecule has 1 heteroatoms. The first kappa shape index (κ1) is 27.7. The molecular weight excluding hydrogens is 484 g/mol. The number of ketones is 1. The van der Waals surface area contributed by atoms with Gasteiger partial charge in [0.05, 0.1) is 0 Å². The van der Waals surface area contributed by atoms with Gasteiger partial charge in [-0.1, -0.05) is 111 Å². The van der Waals surface area contributed by atoms with Gasteiger partial charge in [-0.3, -0.25) is 4.79 Å². The molecule has 4 atom stereocenters. The van der Waals surface area contributed by atoms with Gasteiger partial charge in [-0.25, -0.2) is 0 Å². The Labute approximate surface area is 243 Å². The van der Waals surface area contributed by atoms with Crippen LogP contribution in [0, 0.1) is 17.8 Å². The van der Waals surface area contributed by atoms with Gasteiger partial charge < -0.3 is 0 Å². The molecule has 212 valence electrons. The average Bonchev–Trinajstić information content (AvgIpc) is 3.66. The molecule has 1 aromatic carbocycles. The van der Waals surface area contributed by atoms with Crippen molar-refractivity contribution in [1.29, 1.82) is 0 Å². The topological polar surface area (TPSA) is 17.1 Å². The quantitative estimate of drug-likeness (QED) is 0.209. The SMILES string of the molecule is C=C(CC1CCCC(C2CC(=O)/C(=C3/CCC4=C(CCC4c4ccc(C(C)(C)C)cc4)C3)C2)CC1)C1=CC=CC1. The highest BCUT2D eigenvalue weighted by molar-refractivity contribution is 5.98. The first-order valence-electron chi connectivity index (χ1n) is 16.4. The Bertz CT molecular complexity index is 1270. The summed E-state index contributed by atoms with van der Waals surface area (Å²) in [6.07, 6.45) is 23.2. The Kier molecular flexibility index (Phi) is 7.95. The third-order valence-electron chi connectivity index (χ3n) is 11.1. The number of Topliss-reactive ketones (excluding diaryl/α,β-unsaturated/α-hetero) is 1. The Hall–Kier alpha value is -2.41. The molecule has 1 aromatic rings. The van der Waals surface area contributed by atoms with Crippen LogP contribution >= 0.6 is 0 Å². The number of allylic oxidation sites excluding steroid dienone is 9. The molecule has 2 saturated carbocycles. The molecule has 0 aromatic heterocycles. The van der Waals surface area contributed by atoms with Gasteiger partial charge in [-0.05, 0) is 110 Å². The zero-order valence-electron chi connectivity index (χ0n) is 25.4. The molecule has 40 heavy (non-hydrogen) atoms. The van der Waals surface area contributed by atoms with Crippen molar-refractivity contribution in [2.45, 2.75) is 122 Å². The third kappa shape index (κ3) is 5.81. The fourth-order valence-corrected chi connectivity index (χ4v) is 8.68. The van der Waals surface area contributed by atoms with Crippen molar-refractivity contribution in [2.24, 2.45) is 17.8 Å². The predicted octanol–water partition coefficient (Wildman–Crippen LogP) is 10.6. The minimum Gasteiger partial charge on any atom is -0.295 e. The van der Waals surface area contributed by atoms with Gasteiger partial charge in [0.2, 0.25) is 0 Å². The highest BCUT2D eigenvalue weighted by Gasteiger charge is 2.37. The maximum atomic E-state index is 13.4. The van der Waals surface area contributed by atoms with Crippen LogP contribution in [0.2, 0.25) is 0 Å². The average molecular weight is 535 g/mol. The Morgan fingerprint density at radius 1 is 0.900 bits per heavy atom. The molecule has 0 amide bonds. The lowest BCUT2D eigenvalue weighted by atomic mass is 9.80. The van der Waals surface area contributed by atoms with E-state index in [2.05, 4.69) is 69.8 Å². The van der Waals surface area contributed by atoms with E-state index < -0.39 is 0 Å².